The Balaban J connectivity index is 3.15. The van der Waals surface area contributed by atoms with Crippen LogP contribution in [0.15, 0.2) is 22.7 Å². The Morgan fingerprint density at radius 2 is 2.00 bits per heavy atom. The monoisotopic (exact) mass is 305 g/mol. The number of rotatable bonds is 3. The molecule has 0 saturated carbocycles. The van der Waals surface area contributed by atoms with Gasteiger partial charge in [0.25, 0.3) is 0 Å². The lowest BCUT2D eigenvalue weighted by Gasteiger charge is -2.13. The summed E-state index contributed by atoms with van der Waals surface area (Å²) in [6.45, 7) is 9.73. The van der Waals surface area contributed by atoms with Crippen LogP contribution in [-0.4, -0.2) is 23.1 Å². The average Bonchev–Trinajstić information content (AvgIpc) is 2.43. The predicted octanol–water partition coefficient (Wildman–Crippen LogP) is 3.56. The number of hydrogen-bond donors (Lipinski definition) is 1. The van der Waals surface area contributed by atoms with Crippen LogP contribution < -0.4 is 5.32 Å². The first-order valence-electron chi connectivity index (χ1n) is 6.95. The third kappa shape index (κ3) is 5.01. The van der Waals surface area contributed by atoms with Gasteiger partial charge >= 0.3 is 0 Å². The molecule has 0 unspecified atom stereocenters. The number of carbonyl (C=O) groups is 1. The molecule has 114 valence electrons. The first-order chi connectivity index (χ1) is 9.88. The number of aromatic nitrogens is 1. The van der Waals surface area contributed by atoms with Gasteiger partial charge in [0.1, 0.15) is 0 Å². The molecule has 5 heteroatoms. The number of nitrogens with one attached hydrogen (secondary N) is 1. The predicted molar refractivity (Wildman–Crippen MR) is 91.4 cm³/mol. The van der Waals surface area contributed by atoms with Gasteiger partial charge in [0, 0.05) is 24.6 Å². The van der Waals surface area contributed by atoms with Crippen molar-refractivity contribution in [2.75, 3.05) is 7.05 Å². The van der Waals surface area contributed by atoms with E-state index in [2.05, 4.69) is 30.2 Å². The van der Waals surface area contributed by atoms with Gasteiger partial charge in [-0.3, -0.25) is 14.8 Å². The first-order valence-corrected chi connectivity index (χ1v) is 7.77. The standard InChI is InChI=1S/C16H23N3OS/c1-7-13-11(4)8-9-14(19-13)15(10(2)3)21-16(17-6)18-12(5)20/h8-9H,7H2,1-6H3,(H,17,18,20). The second-order valence-electron chi connectivity index (χ2n) is 4.95. The fourth-order valence-electron chi connectivity index (χ4n) is 1.84. The van der Waals surface area contributed by atoms with E-state index in [0.717, 1.165) is 28.3 Å². The topological polar surface area (TPSA) is 54.4 Å². The zero-order valence-electron chi connectivity index (χ0n) is 13.6. The molecule has 1 aromatic heterocycles. The number of thioether (sulfide) groups is 1. The molecule has 21 heavy (non-hydrogen) atoms. The third-order valence-corrected chi connectivity index (χ3v) is 4.21. The molecule has 0 fully saturated rings. The van der Waals surface area contributed by atoms with E-state index in [1.54, 1.807) is 7.05 Å². The van der Waals surface area contributed by atoms with Gasteiger partial charge in [0.05, 0.1) is 5.69 Å². The van der Waals surface area contributed by atoms with Gasteiger partial charge < -0.3 is 5.32 Å². The minimum Gasteiger partial charge on any atom is -0.305 e. The van der Waals surface area contributed by atoms with Gasteiger partial charge in [-0.15, -0.1) is 0 Å². The van der Waals surface area contributed by atoms with E-state index in [4.69, 9.17) is 4.98 Å². The highest BCUT2D eigenvalue weighted by Gasteiger charge is 2.13. The Morgan fingerprint density at radius 3 is 2.48 bits per heavy atom. The second kappa shape index (κ2) is 7.98. The third-order valence-electron chi connectivity index (χ3n) is 2.91. The van der Waals surface area contributed by atoms with Crippen molar-refractivity contribution < 1.29 is 4.79 Å². The summed E-state index contributed by atoms with van der Waals surface area (Å²) < 4.78 is 0. The normalized spacial score (nSPS) is 11.2. The van der Waals surface area contributed by atoms with Crippen molar-refractivity contribution in [2.24, 2.45) is 4.99 Å². The summed E-state index contributed by atoms with van der Waals surface area (Å²) in [5, 5.41) is 3.32. The molecule has 0 spiro atoms. The second-order valence-corrected chi connectivity index (χ2v) is 5.95. The van der Waals surface area contributed by atoms with Crippen LogP contribution in [0.25, 0.3) is 4.91 Å². The number of amides is 1. The number of hydrogen-bond acceptors (Lipinski definition) is 4. The van der Waals surface area contributed by atoms with E-state index in [1.807, 2.05) is 19.9 Å². The van der Waals surface area contributed by atoms with Crippen molar-refractivity contribution >= 4 is 27.7 Å². The van der Waals surface area contributed by atoms with E-state index in [-0.39, 0.29) is 5.91 Å². The molecule has 4 nitrogen and oxygen atoms in total. The van der Waals surface area contributed by atoms with Crippen molar-refractivity contribution in [1.82, 2.24) is 10.3 Å². The molecule has 0 radical (unpaired) electrons. The molecule has 1 N–H and O–H groups in total. The van der Waals surface area contributed by atoms with Crippen LogP contribution in [0, 0.1) is 6.92 Å². The molecule has 1 aromatic rings. The van der Waals surface area contributed by atoms with E-state index >= 15 is 0 Å². The number of carbonyl (C=O) groups excluding carboxylic acids is 1. The summed E-state index contributed by atoms with van der Waals surface area (Å²) in [5.74, 6) is -0.123. The van der Waals surface area contributed by atoms with Crippen LogP contribution in [0.1, 0.15) is 44.6 Å². The van der Waals surface area contributed by atoms with Gasteiger partial charge in [-0.05, 0) is 50.6 Å². The molecular weight excluding hydrogens is 282 g/mol. The number of aliphatic imine (C=N–C) groups is 1. The Morgan fingerprint density at radius 1 is 1.33 bits per heavy atom. The van der Waals surface area contributed by atoms with Crippen LogP contribution >= 0.6 is 11.8 Å². The number of nitrogens with zero attached hydrogens (tertiary/aromatic N) is 2. The largest absolute Gasteiger partial charge is 0.305 e. The van der Waals surface area contributed by atoms with Crippen molar-refractivity contribution in [1.29, 1.82) is 0 Å². The van der Waals surface area contributed by atoms with Gasteiger partial charge in [-0.25, -0.2) is 0 Å². The molecule has 1 rings (SSSR count). The fraction of sp³-hybridized carbons (Fsp3) is 0.438. The smallest absolute Gasteiger partial charge is 0.222 e. The first kappa shape index (κ1) is 17.4. The minimum atomic E-state index is -0.123. The van der Waals surface area contributed by atoms with Gasteiger partial charge in [-0.1, -0.05) is 18.6 Å². The van der Waals surface area contributed by atoms with Crippen molar-refractivity contribution in [3.63, 3.8) is 0 Å². The molecule has 1 heterocycles. The molecule has 0 saturated heterocycles. The number of aryl methyl sites for hydroxylation is 2. The maximum atomic E-state index is 11.2. The van der Waals surface area contributed by atoms with Gasteiger partial charge in [-0.2, -0.15) is 0 Å². The van der Waals surface area contributed by atoms with Gasteiger partial charge in [0.2, 0.25) is 5.91 Å². The van der Waals surface area contributed by atoms with Crippen molar-refractivity contribution in [3.8, 4) is 0 Å². The zero-order valence-corrected chi connectivity index (χ0v) is 14.4. The molecule has 0 aromatic carbocycles. The highest BCUT2D eigenvalue weighted by atomic mass is 32.2. The van der Waals surface area contributed by atoms with E-state index in [9.17, 15) is 4.79 Å². The molecule has 0 aliphatic heterocycles. The van der Waals surface area contributed by atoms with E-state index < -0.39 is 0 Å². The number of amidine groups is 1. The fourth-order valence-corrected chi connectivity index (χ4v) is 2.74. The maximum absolute atomic E-state index is 11.2. The summed E-state index contributed by atoms with van der Waals surface area (Å²) in [7, 11) is 1.67. The average molecular weight is 305 g/mol. The summed E-state index contributed by atoms with van der Waals surface area (Å²) >= 11 is 1.44. The zero-order chi connectivity index (χ0) is 16.0. The van der Waals surface area contributed by atoms with Crippen LogP contribution in [0.2, 0.25) is 0 Å². The molecule has 0 bridgehead atoms. The molecule has 0 atom stereocenters. The Hall–Kier alpha value is -1.62. The lowest BCUT2D eigenvalue weighted by Crippen LogP contribution is -2.25. The van der Waals surface area contributed by atoms with E-state index in [0.29, 0.717) is 5.17 Å². The van der Waals surface area contributed by atoms with E-state index in [1.165, 1.54) is 24.2 Å². The highest BCUT2D eigenvalue weighted by molar-refractivity contribution is 8.21. The SMILES string of the molecule is CCc1nc(C(SC(=NC)NC(C)=O)=C(C)C)ccc1C. The molecular formula is C16H23N3OS. The number of pyridine rings is 1. The lowest BCUT2D eigenvalue weighted by atomic mass is 10.1. The van der Waals surface area contributed by atoms with Crippen LogP contribution in [0.3, 0.4) is 0 Å². The molecule has 0 aliphatic rings. The van der Waals surface area contributed by atoms with Crippen LogP contribution in [0.5, 0.6) is 0 Å². The van der Waals surface area contributed by atoms with Gasteiger partial charge in [0.15, 0.2) is 5.17 Å². The summed E-state index contributed by atoms with van der Waals surface area (Å²) in [6.07, 6.45) is 0.904. The highest BCUT2D eigenvalue weighted by Crippen LogP contribution is 2.30. The Labute approximate surface area is 131 Å². The maximum Gasteiger partial charge on any atom is 0.222 e. The van der Waals surface area contributed by atoms with Crippen molar-refractivity contribution in [2.45, 2.75) is 41.0 Å². The summed E-state index contributed by atoms with van der Waals surface area (Å²) in [4.78, 5) is 21.1. The Kier molecular flexibility index (Phi) is 6.62. The van der Waals surface area contributed by atoms with Crippen molar-refractivity contribution in [3.05, 3.63) is 34.7 Å². The lowest BCUT2D eigenvalue weighted by molar-refractivity contribution is -0.117. The molecule has 0 aliphatic carbocycles. The quantitative estimate of drug-likeness (QED) is 0.686. The summed E-state index contributed by atoms with van der Waals surface area (Å²) in [6, 6.07) is 4.11. The minimum absolute atomic E-state index is 0.123. The van der Waals surface area contributed by atoms with Crippen LogP contribution in [-0.2, 0) is 11.2 Å². The number of allylic oxidation sites excluding steroid dienone is 1. The Bertz CT molecular complexity index is 587. The summed E-state index contributed by atoms with van der Waals surface area (Å²) in [5.41, 5.74) is 4.37. The molecule has 1 amide bonds. The van der Waals surface area contributed by atoms with Crippen LogP contribution in [0.4, 0.5) is 0 Å².